The van der Waals surface area contributed by atoms with E-state index in [1.54, 1.807) is 0 Å². The normalized spacial score (nSPS) is 11.0. The van der Waals surface area contributed by atoms with Crippen molar-refractivity contribution in [3.05, 3.63) is 29.8 Å². The van der Waals surface area contributed by atoms with Crippen molar-refractivity contribution in [3.63, 3.8) is 0 Å². The fourth-order valence-corrected chi connectivity index (χ4v) is 2.39. The average Bonchev–Trinajstić information content (AvgIpc) is 2.34. The predicted molar refractivity (Wildman–Crippen MR) is 68.5 cm³/mol. The largest absolute Gasteiger partial charge is 0.481 e. The number of carboxylic acid groups (broad SMARTS) is 1. The van der Waals surface area contributed by atoms with Crippen molar-refractivity contribution in [1.82, 2.24) is 4.72 Å². The van der Waals surface area contributed by atoms with Gasteiger partial charge in [0.05, 0.1) is 11.3 Å². The lowest BCUT2D eigenvalue weighted by Crippen LogP contribution is -2.29. The first-order valence-electron chi connectivity index (χ1n) is 5.54. The van der Waals surface area contributed by atoms with Crippen LogP contribution in [0.25, 0.3) is 0 Å². The van der Waals surface area contributed by atoms with Crippen LogP contribution in [0.15, 0.2) is 29.2 Å². The number of carbonyl (C=O) groups excluding carboxylic acids is 1. The van der Waals surface area contributed by atoms with Gasteiger partial charge >= 0.3 is 12.1 Å². The van der Waals surface area contributed by atoms with Crippen molar-refractivity contribution in [2.75, 3.05) is 13.2 Å². The molecule has 0 aliphatic heterocycles. The van der Waals surface area contributed by atoms with Crippen LogP contribution in [0.1, 0.15) is 5.56 Å². The molecule has 0 fully saturated rings. The van der Waals surface area contributed by atoms with Gasteiger partial charge in [-0.05, 0) is 17.7 Å². The Morgan fingerprint density at radius 2 is 1.85 bits per heavy atom. The maximum atomic E-state index is 11.8. The van der Waals surface area contributed by atoms with E-state index < -0.39 is 22.1 Å². The molecule has 0 heterocycles. The lowest BCUT2D eigenvalue weighted by atomic mass is 10.2. The lowest BCUT2D eigenvalue weighted by Gasteiger charge is -2.07. The molecule has 0 spiro atoms. The van der Waals surface area contributed by atoms with Crippen LogP contribution in [0.2, 0.25) is 0 Å². The Hall–Kier alpha value is -2.13. The molecule has 0 bridgehead atoms. The zero-order valence-corrected chi connectivity index (χ0v) is 11.2. The van der Waals surface area contributed by atoms with Gasteiger partial charge < -0.3 is 15.6 Å². The van der Waals surface area contributed by atoms with Gasteiger partial charge in [0, 0.05) is 6.54 Å². The second kappa shape index (κ2) is 6.87. The molecule has 20 heavy (non-hydrogen) atoms. The Balaban J connectivity index is 2.63. The van der Waals surface area contributed by atoms with Crippen molar-refractivity contribution < 1.29 is 27.9 Å². The molecule has 0 aliphatic carbocycles. The zero-order valence-electron chi connectivity index (χ0n) is 10.4. The fourth-order valence-electron chi connectivity index (χ4n) is 1.37. The third kappa shape index (κ3) is 5.24. The number of hydrogen-bond donors (Lipinski definition) is 3. The van der Waals surface area contributed by atoms with E-state index in [2.05, 4.69) is 9.46 Å². The summed E-state index contributed by atoms with van der Waals surface area (Å²) in [4.78, 5) is 20.8. The van der Waals surface area contributed by atoms with Crippen LogP contribution in [0, 0.1) is 0 Å². The number of carboxylic acids is 1. The summed E-state index contributed by atoms with van der Waals surface area (Å²) >= 11 is 0. The molecule has 1 aromatic carbocycles. The van der Waals surface area contributed by atoms with Crippen LogP contribution in [0.3, 0.4) is 0 Å². The number of carbonyl (C=O) groups is 2. The third-order valence-electron chi connectivity index (χ3n) is 2.23. The molecule has 8 nitrogen and oxygen atoms in total. The fraction of sp³-hybridized carbons (Fsp3) is 0.273. The first-order valence-corrected chi connectivity index (χ1v) is 7.02. The lowest BCUT2D eigenvalue weighted by molar-refractivity contribution is -0.136. The third-order valence-corrected chi connectivity index (χ3v) is 3.70. The van der Waals surface area contributed by atoms with E-state index in [1.165, 1.54) is 24.3 Å². The summed E-state index contributed by atoms with van der Waals surface area (Å²) in [7, 11) is -3.73. The van der Waals surface area contributed by atoms with Crippen LogP contribution < -0.4 is 10.5 Å². The van der Waals surface area contributed by atoms with Crippen LogP contribution in [-0.2, 0) is 26.0 Å². The summed E-state index contributed by atoms with van der Waals surface area (Å²) in [5, 5.41) is 8.60. The maximum absolute atomic E-state index is 11.8. The molecule has 110 valence electrons. The number of hydrogen-bond acceptors (Lipinski definition) is 5. The zero-order chi connectivity index (χ0) is 15.2. The van der Waals surface area contributed by atoms with Gasteiger partial charge in [0.15, 0.2) is 0 Å². The smallest absolute Gasteiger partial charge is 0.404 e. The molecule has 1 rings (SSSR count). The summed E-state index contributed by atoms with van der Waals surface area (Å²) in [5.41, 5.74) is 5.22. The Bertz CT molecular complexity index is 581. The Labute approximate surface area is 115 Å². The second-order valence-electron chi connectivity index (χ2n) is 3.78. The molecule has 4 N–H and O–H groups in total. The molecule has 0 aromatic heterocycles. The highest BCUT2D eigenvalue weighted by atomic mass is 32.2. The number of benzene rings is 1. The van der Waals surface area contributed by atoms with Gasteiger partial charge in [0.2, 0.25) is 10.0 Å². The summed E-state index contributed by atoms with van der Waals surface area (Å²) in [6.45, 7) is -0.284. The number of amides is 1. The standard InChI is InChI=1S/C11H14N2O6S/c12-11(16)19-6-5-13-20(17,18)9-3-1-8(2-4-9)7-10(14)15/h1-4,13H,5-7H2,(H2,12,16)(H,14,15). The molecule has 0 saturated heterocycles. The summed E-state index contributed by atoms with van der Waals surface area (Å²) < 4.78 is 30.2. The number of nitrogens with two attached hydrogens (primary N) is 1. The highest BCUT2D eigenvalue weighted by Gasteiger charge is 2.13. The Morgan fingerprint density at radius 1 is 1.25 bits per heavy atom. The molecule has 0 saturated carbocycles. The van der Waals surface area contributed by atoms with E-state index in [0.29, 0.717) is 5.56 Å². The van der Waals surface area contributed by atoms with Crippen LogP contribution in [0.4, 0.5) is 4.79 Å². The van der Waals surface area contributed by atoms with Gasteiger partial charge in [-0.2, -0.15) is 0 Å². The molecule has 0 radical (unpaired) electrons. The molecule has 0 unspecified atom stereocenters. The van der Waals surface area contributed by atoms with Crippen molar-refractivity contribution in [1.29, 1.82) is 0 Å². The molecular formula is C11H14N2O6S. The number of sulfonamides is 1. The second-order valence-corrected chi connectivity index (χ2v) is 5.55. The summed E-state index contributed by atoms with van der Waals surface area (Å²) in [5.74, 6) is -0.998. The average molecular weight is 302 g/mol. The van der Waals surface area contributed by atoms with Crippen LogP contribution in [-0.4, -0.2) is 38.7 Å². The number of nitrogens with one attached hydrogen (secondary N) is 1. The molecular weight excluding hydrogens is 288 g/mol. The number of primary amides is 1. The Kier molecular flexibility index (Phi) is 5.47. The summed E-state index contributed by atoms with van der Waals surface area (Å²) in [6, 6.07) is 5.44. The first-order chi connectivity index (χ1) is 9.31. The number of rotatable bonds is 7. The summed E-state index contributed by atoms with van der Waals surface area (Å²) in [6.07, 6.45) is -1.16. The minimum atomic E-state index is -3.73. The van der Waals surface area contributed by atoms with E-state index in [0.717, 1.165) is 0 Å². The highest BCUT2D eigenvalue weighted by molar-refractivity contribution is 7.89. The minimum absolute atomic E-state index is 0.00860. The number of aliphatic carboxylic acids is 1. The van der Waals surface area contributed by atoms with Crippen LogP contribution in [0.5, 0.6) is 0 Å². The number of ether oxygens (including phenoxy) is 1. The van der Waals surface area contributed by atoms with Gasteiger partial charge in [0.1, 0.15) is 6.61 Å². The SMILES string of the molecule is NC(=O)OCCNS(=O)(=O)c1ccc(CC(=O)O)cc1. The molecule has 0 atom stereocenters. The molecule has 0 aliphatic rings. The maximum Gasteiger partial charge on any atom is 0.404 e. The molecule has 1 amide bonds. The molecule has 9 heteroatoms. The molecule has 1 aromatic rings. The van der Waals surface area contributed by atoms with Gasteiger partial charge in [-0.25, -0.2) is 17.9 Å². The van der Waals surface area contributed by atoms with E-state index in [9.17, 15) is 18.0 Å². The van der Waals surface area contributed by atoms with Crippen LogP contribution >= 0.6 is 0 Å². The van der Waals surface area contributed by atoms with Gasteiger partial charge in [0.25, 0.3) is 0 Å². The van der Waals surface area contributed by atoms with Gasteiger partial charge in [-0.15, -0.1) is 0 Å². The quantitative estimate of drug-likeness (QED) is 0.591. The van der Waals surface area contributed by atoms with Crippen molar-refractivity contribution in [2.45, 2.75) is 11.3 Å². The topological polar surface area (TPSA) is 136 Å². The predicted octanol–water partition coefficient (Wildman–Crippen LogP) is -0.313. The van der Waals surface area contributed by atoms with E-state index in [-0.39, 0.29) is 24.5 Å². The van der Waals surface area contributed by atoms with Gasteiger partial charge in [-0.1, -0.05) is 12.1 Å². The van der Waals surface area contributed by atoms with Crippen molar-refractivity contribution >= 4 is 22.1 Å². The van der Waals surface area contributed by atoms with Gasteiger partial charge in [-0.3, -0.25) is 4.79 Å². The highest BCUT2D eigenvalue weighted by Crippen LogP contribution is 2.10. The van der Waals surface area contributed by atoms with Crippen molar-refractivity contribution in [3.8, 4) is 0 Å². The minimum Gasteiger partial charge on any atom is -0.481 e. The van der Waals surface area contributed by atoms with Crippen molar-refractivity contribution in [2.24, 2.45) is 5.73 Å². The van der Waals surface area contributed by atoms with E-state index >= 15 is 0 Å². The first kappa shape index (κ1) is 15.9. The monoisotopic (exact) mass is 302 g/mol. The van der Waals surface area contributed by atoms with E-state index in [4.69, 9.17) is 10.8 Å². The van der Waals surface area contributed by atoms with E-state index in [1.807, 2.05) is 0 Å². The Morgan fingerprint density at radius 3 is 2.35 bits per heavy atom.